The van der Waals surface area contributed by atoms with Crippen molar-refractivity contribution < 1.29 is 21.3 Å². The third kappa shape index (κ3) is 27.3. The first-order valence-electron chi connectivity index (χ1n) is 5.64. The minimum absolute atomic E-state index is 0.0174. The smallest absolute Gasteiger partial charge is 0.209 e. The molecule has 0 aliphatic carbocycles. The average molecular weight is 339 g/mol. The molecule has 0 radical (unpaired) electrons. The predicted octanol–water partition coefficient (Wildman–Crippen LogP) is -0.725. The van der Waals surface area contributed by atoms with Gasteiger partial charge in [-0.05, 0) is 6.42 Å². The molecular formula is C9H25ClN3O4S2+. The number of nitrogens with zero attached hydrogens (tertiary/aromatic N) is 1. The van der Waals surface area contributed by atoms with E-state index in [-0.39, 0.29) is 11.5 Å². The summed E-state index contributed by atoms with van der Waals surface area (Å²) >= 11 is 5.19. The largest absolute Gasteiger partial charge is 0.331 e. The van der Waals surface area contributed by atoms with E-state index < -0.39 is 20.0 Å². The van der Waals surface area contributed by atoms with Crippen LogP contribution in [0.1, 0.15) is 12.8 Å². The van der Waals surface area contributed by atoms with Gasteiger partial charge in [0.05, 0.1) is 39.2 Å². The minimum atomic E-state index is -3.27. The minimum Gasteiger partial charge on any atom is -0.331 e. The van der Waals surface area contributed by atoms with Gasteiger partial charge >= 0.3 is 0 Å². The van der Waals surface area contributed by atoms with E-state index in [2.05, 4.69) is 5.14 Å². The Kier molecular flexibility index (Phi) is 10.2. The highest BCUT2D eigenvalue weighted by atomic mass is 35.5. The molecule has 0 unspecified atom stereocenters. The topological polar surface area (TPSA) is 120 Å². The van der Waals surface area contributed by atoms with Crippen LogP contribution in [-0.4, -0.2) is 66.4 Å². The lowest BCUT2D eigenvalue weighted by molar-refractivity contribution is -0.870. The lowest BCUT2D eigenvalue weighted by Gasteiger charge is -2.23. The molecule has 0 aromatic heterocycles. The molecule has 0 heterocycles. The number of hydrogen-bond donors (Lipinski definition) is 2. The van der Waals surface area contributed by atoms with Gasteiger partial charge in [-0.25, -0.2) is 27.1 Å². The molecule has 0 rings (SSSR count). The van der Waals surface area contributed by atoms with Gasteiger partial charge in [0.1, 0.15) is 0 Å². The molecule has 0 saturated carbocycles. The molecule has 0 saturated heterocycles. The van der Waals surface area contributed by atoms with Crippen LogP contribution in [0.25, 0.3) is 0 Å². The molecular weight excluding hydrogens is 314 g/mol. The van der Waals surface area contributed by atoms with Crippen LogP contribution in [0.3, 0.4) is 0 Å². The van der Waals surface area contributed by atoms with Crippen LogP contribution in [0, 0.1) is 0 Å². The van der Waals surface area contributed by atoms with E-state index >= 15 is 0 Å². The molecule has 0 spiro atoms. The molecule has 118 valence electrons. The standard InChI is InChI=1S/C6H17N2O2S.C3H8ClNO2S/c1-8(2,3)5-4-6-11(7,9)10;4-2-1-3-8(5,6)7/h4-6H2,1-3H3,(H2,7,9,10);1-3H2,(H2,5,6,7)/q+1;. The van der Waals surface area contributed by atoms with Gasteiger partial charge in [0, 0.05) is 12.3 Å². The molecule has 10 heteroatoms. The number of quaternary nitrogens is 1. The van der Waals surface area contributed by atoms with E-state index in [1.54, 1.807) is 0 Å². The van der Waals surface area contributed by atoms with Crippen molar-refractivity contribution in [3.8, 4) is 0 Å². The normalized spacial score (nSPS) is 12.7. The maximum absolute atomic E-state index is 10.5. The number of alkyl halides is 1. The third-order valence-corrected chi connectivity index (χ3v) is 3.80. The molecule has 7 nitrogen and oxygen atoms in total. The van der Waals surface area contributed by atoms with Crippen molar-refractivity contribution in [2.24, 2.45) is 10.3 Å². The second-order valence-electron chi connectivity index (χ2n) is 5.14. The fourth-order valence-electron chi connectivity index (χ4n) is 0.996. The first-order valence-corrected chi connectivity index (χ1v) is 9.61. The van der Waals surface area contributed by atoms with Crippen molar-refractivity contribution in [1.82, 2.24) is 0 Å². The van der Waals surface area contributed by atoms with Crippen molar-refractivity contribution in [2.75, 3.05) is 45.1 Å². The Morgan fingerprint density at radius 1 is 0.895 bits per heavy atom. The molecule has 0 bridgehead atoms. The first kappa shape index (κ1) is 21.4. The summed E-state index contributed by atoms with van der Waals surface area (Å²) < 4.78 is 42.0. The first-order chi connectivity index (χ1) is 8.27. The summed E-state index contributed by atoms with van der Waals surface area (Å²) in [6.45, 7) is 0.830. The van der Waals surface area contributed by atoms with Crippen molar-refractivity contribution in [2.45, 2.75) is 12.8 Å². The highest BCUT2D eigenvalue weighted by Gasteiger charge is 2.09. The van der Waals surface area contributed by atoms with Gasteiger partial charge in [-0.1, -0.05) is 0 Å². The molecule has 19 heavy (non-hydrogen) atoms. The maximum Gasteiger partial charge on any atom is 0.209 e. The quantitative estimate of drug-likeness (QED) is 0.469. The monoisotopic (exact) mass is 338 g/mol. The fourth-order valence-corrected chi connectivity index (χ4v) is 2.37. The number of primary sulfonamides is 2. The van der Waals surface area contributed by atoms with Crippen molar-refractivity contribution in [3.05, 3.63) is 0 Å². The Morgan fingerprint density at radius 3 is 1.47 bits per heavy atom. The van der Waals surface area contributed by atoms with E-state index in [9.17, 15) is 16.8 Å². The highest BCUT2D eigenvalue weighted by molar-refractivity contribution is 7.89. The zero-order valence-corrected chi connectivity index (χ0v) is 14.1. The predicted molar refractivity (Wildman–Crippen MR) is 78.8 cm³/mol. The number of rotatable bonds is 7. The van der Waals surface area contributed by atoms with E-state index in [1.165, 1.54) is 0 Å². The third-order valence-electron chi connectivity index (χ3n) is 1.82. The molecule has 4 N–H and O–H groups in total. The van der Waals surface area contributed by atoms with Crippen LogP contribution < -0.4 is 10.3 Å². The van der Waals surface area contributed by atoms with Crippen LogP contribution in [0.4, 0.5) is 0 Å². The van der Waals surface area contributed by atoms with Crippen molar-refractivity contribution in [1.29, 1.82) is 0 Å². The average Bonchev–Trinajstić information content (AvgIpc) is 2.10. The van der Waals surface area contributed by atoms with Crippen LogP contribution in [-0.2, 0) is 20.0 Å². The Balaban J connectivity index is 0. The summed E-state index contributed by atoms with van der Waals surface area (Å²) in [7, 11) is -0.476. The molecule has 0 amide bonds. The summed E-state index contributed by atoms with van der Waals surface area (Å²) in [6, 6.07) is 0. The van der Waals surface area contributed by atoms with E-state index in [0.717, 1.165) is 11.0 Å². The SMILES string of the molecule is C[N+](C)(C)CCCS(N)(=O)=O.NS(=O)(=O)CCCCl. The Bertz CT molecular complexity index is 429. The lowest BCUT2D eigenvalue weighted by Crippen LogP contribution is -2.36. The molecule has 0 aromatic carbocycles. The van der Waals surface area contributed by atoms with Crippen LogP contribution in [0.5, 0.6) is 0 Å². The Labute approximate surface area is 121 Å². The van der Waals surface area contributed by atoms with Gasteiger partial charge in [0.25, 0.3) is 0 Å². The summed E-state index contributed by atoms with van der Waals surface area (Å²) in [5.41, 5.74) is 0. The van der Waals surface area contributed by atoms with Crippen LogP contribution in [0.2, 0.25) is 0 Å². The van der Waals surface area contributed by atoms with Gasteiger partial charge in [0.15, 0.2) is 0 Å². The zero-order valence-electron chi connectivity index (χ0n) is 11.7. The van der Waals surface area contributed by atoms with Gasteiger partial charge in [-0.3, -0.25) is 0 Å². The van der Waals surface area contributed by atoms with Gasteiger partial charge in [-0.15, -0.1) is 11.6 Å². The summed E-state index contributed by atoms with van der Waals surface area (Å²) in [5, 5.41) is 9.47. The van der Waals surface area contributed by atoms with E-state index in [4.69, 9.17) is 16.7 Å². The summed E-state index contributed by atoms with van der Waals surface area (Å²) in [4.78, 5) is 0. The number of nitrogens with two attached hydrogens (primary N) is 2. The number of sulfonamides is 2. The van der Waals surface area contributed by atoms with Gasteiger partial charge < -0.3 is 4.48 Å². The highest BCUT2D eigenvalue weighted by Crippen LogP contribution is 1.94. The zero-order chi connectivity index (χ0) is 15.7. The van der Waals surface area contributed by atoms with E-state index in [0.29, 0.717) is 18.7 Å². The lowest BCUT2D eigenvalue weighted by atomic mass is 10.4. The second-order valence-corrected chi connectivity index (χ2v) is 8.99. The number of halogens is 1. The Hall–Kier alpha value is 0.0700. The molecule has 0 fully saturated rings. The Morgan fingerprint density at radius 2 is 1.26 bits per heavy atom. The number of hydrogen-bond acceptors (Lipinski definition) is 4. The van der Waals surface area contributed by atoms with Crippen LogP contribution >= 0.6 is 11.6 Å². The van der Waals surface area contributed by atoms with Crippen LogP contribution in [0.15, 0.2) is 0 Å². The maximum atomic E-state index is 10.5. The molecule has 0 atom stereocenters. The summed E-state index contributed by atoms with van der Waals surface area (Å²) in [6.07, 6.45) is 1.06. The molecule has 0 aliphatic rings. The van der Waals surface area contributed by atoms with Gasteiger partial charge in [0.2, 0.25) is 20.0 Å². The fraction of sp³-hybridized carbons (Fsp3) is 1.00. The van der Waals surface area contributed by atoms with E-state index in [1.807, 2.05) is 21.1 Å². The van der Waals surface area contributed by atoms with Crippen molar-refractivity contribution in [3.63, 3.8) is 0 Å². The van der Waals surface area contributed by atoms with Crippen molar-refractivity contribution >= 4 is 31.6 Å². The molecule has 0 aromatic rings. The van der Waals surface area contributed by atoms with Gasteiger partial charge in [-0.2, -0.15) is 0 Å². The summed E-state index contributed by atoms with van der Waals surface area (Å²) in [5.74, 6) is 0.412. The second kappa shape index (κ2) is 9.09. The molecule has 0 aliphatic heterocycles.